The molecule has 1 amide bonds. The Morgan fingerprint density at radius 1 is 1.10 bits per heavy atom. The van der Waals surface area contributed by atoms with Crippen molar-refractivity contribution in [2.24, 2.45) is 0 Å². The fourth-order valence-electron chi connectivity index (χ4n) is 2.74. The summed E-state index contributed by atoms with van der Waals surface area (Å²) in [6, 6.07) is 16.4. The zero-order chi connectivity index (χ0) is 14.2. The molecule has 3 rings (SSSR count). The van der Waals surface area contributed by atoms with Gasteiger partial charge in [0.25, 0.3) is 5.91 Å². The number of carbonyl (C=O) groups is 1. The number of hydrogen-bond donors (Lipinski definition) is 1. The van der Waals surface area contributed by atoms with Crippen molar-refractivity contribution in [3.63, 3.8) is 0 Å². The summed E-state index contributed by atoms with van der Waals surface area (Å²) in [4.78, 5) is 13.9. The number of carbonyl (C=O) groups excluding carboxylic acids is 1. The van der Waals surface area contributed by atoms with Gasteiger partial charge in [0.2, 0.25) is 0 Å². The first-order chi connectivity index (χ1) is 9.69. The van der Waals surface area contributed by atoms with Gasteiger partial charge in [-0.1, -0.05) is 54.6 Å². The third kappa shape index (κ3) is 1.60. The summed E-state index contributed by atoms with van der Waals surface area (Å²) in [7, 11) is 0. The normalized spacial score (nSPS) is 20.9. The van der Waals surface area contributed by atoms with Crippen molar-refractivity contribution >= 4 is 5.91 Å². The van der Waals surface area contributed by atoms with Gasteiger partial charge in [-0.2, -0.15) is 0 Å². The molecule has 1 N–H and O–H groups in total. The molecular weight excluding hydrogens is 250 g/mol. The van der Waals surface area contributed by atoms with Crippen LogP contribution in [-0.2, 0) is 5.72 Å². The van der Waals surface area contributed by atoms with Crippen molar-refractivity contribution in [1.29, 1.82) is 0 Å². The Kier molecular flexibility index (Phi) is 2.92. The fourth-order valence-corrected chi connectivity index (χ4v) is 2.74. The van der Waals surface area contributed by atoms with Crippen molar-refractivity contribution in [3.05, 3.63) is 83.9 Å². The van der Waals surface area contributed by atoms with Crippen molar-refractivity contribution < 1.29 is 9.90 Å². The van der Waals surface area contributed by atoms with Gasteiger partial charge in [-0.05, 0) is 6.07 Å². The first-order valence-corrected chi connectivity index (χ1v) is 6.50. The Morgan fingerprint density at radius 3 is 2.45 bits per heavy atom. The van der Waals surface area contributed by atoms with Gasteiger partial charge in [0.15, 0.2) is 5.72 Å². The number of rotatable bonds is 3. The molecule has 3 nitrogen and oxygen atoms in total. The highest BCUT2D eigenvalue weighted by atomic mass is 16.3. The van der Waals surface area contributed by atoms with Crippen molar-refractivity contribution in [2.75, 3.05) is 6.54 Å². The van der Waals surface area contributed by atoms with E-state index in [1.54, 1.807) is 24.3 Å². The van der Waals surface area contributed by atoms with Gasteiger partial charge in [-0.25, -0.2) is 0 Å². The van der Waals surface area contributed by atoms with E-state index < -0.39 is 5.72 Å². The summed E-state index contributed by atoms with van der Waals surface area (Å²) in [6.07, 6.45) is 1.62. The van der Waals surface area contributed by atoms with E-state index in [2.05, 4.69) is 6.58 Å². The predicted molar refractivity (Wildman–Crippen MR) is 77.1 cm³/mol. The van der Waals surface area contributed by atoms with Crippen LogP contribution in [-0.4, -0.2) is 22.5 Å². The molecule has 1 aliphatic heterocycles. The van der Waals surface area contributed by atoms with Gasteiger partial charge in [-0.15, -0.1) is 6.58 Å². The SMILES string of the molecule is C=CCN1C(=O)c2ccccc2[C@@]1(O)c1ccccc1. The standard InChI is InChI=1S/C17H15NO2/c1-2-12-18-16(19)14-10-6-7-11-15(14)17(18,20)13-8-4-3-5-9-13/h2-11,20H,1,12H2/t17-/m0/s1. The zero-order valence-electron chi connectivity index (χ0n) is 11.0. The van der Waals surface area contributed by atoms with Crippen molar-refractivity contribution in [1.82, 2.24) is 4.90 Å². The van der Waals surface area contributed by atoms with Crippen LogP contribution < -0.4 is 0 Å². The van der Waals surface area contributed by atoms with Gasteiger partial charge < -0.3 is 5.11 Å². The highest BCUT2D eigenvalue weighted by Gasteiger charge is 2.48. The summed E-state index contributed by atoms with van der Waals surface area (Å²) < 4.78 is 0. The van der Waals surface area contributed by atoms with Gasteiger partial charge in [0.1, 0.15) is 0 Å². The third-order valence-corrected chi connectivity index (χ3v) is 3.66. The molecule has 20 heavy (non-hydrogen) atoms. The van der Waals surface area contributed by atoms with E-state index in [0.29, 0.717) is 23.2 Å². The Hall–Kier alpha value is -2.39. The molecule has 0 saturated carbocycles. The number of aliphatic hydroxyl groups is 1. The smallest absolute Gasteiger partial charge is 0.257 e. The Morgan fingerprint density at radius 2 is 1.75 bits per heavy atom. The molecule has 3 heteroatoms. The van der Waals surface area contributed by atoms with Crippen molar-refractivity contribution in [2.45, 2.75) is 5.72 Å². The maximum atomic E-state index is 12.5. The van der Waals surface area contributed by atoms with Gasteiger partial charge in [0.05, 0.1) is 0 Å². The molecule has 0 saturated heterocycles. The molecule has 0 aromatic heterocycles. The molecule has 0 unspecified atom stereocenters. The molecule has 1 heterocycles. The lowest BCUT2D eigenvalue weighted by molar-refractivity contribution is -0.0444. The molecule has 100 valence electrons. The van der Waals surface area contributed by atoms with E-state index in [0.717, 1.165) is 0 Å². The maximum absolute atomic E-state index is 12.5. The van der Waals surface area contributed by atoms with Crippen LogP contribution >= 0.6 is 0 Å². The largest absolute Gasteiger partial charge is 0.363 e. The molecule has 0 bridgehead atoms. The lowest BCUT2D eigenvalue weighted by Crippen LogP contribution is -2.44. The molecule has 1 atom stereocenters. The minimum absolute atomic E-state index is 0.174. The van der Waals surface area contributed by atoms with Crippen LogP contribution in [0.2, 0.25) is 0 Å². The molecule has 0 radical (unpaired) electrons. The summed E-state index contributed by atoms with van der Waals surface area (Å²) in [5, 5.41) is 11.2. The fraction of sp³-hybridized carbons (Fsp3) is 0.118. The molecule has 0 aliphatic carbocycles. The van der Waals surface area contributed by atoms with Crippen LogP contribution in [0.15, 0.2) is 67.3 Å². The number of nitrogens with zero attached hydrogens (tertiary/aromatic N) is 1. The molecule has 2 aromatic rings. The second-order valence-corrected chi connectivity index (χ2v) is 4.79. The Labute approximate surface area is 117 Å². The van der Waals surface area contributed by atoms with Gasteiger partial charge in [0, 0.05) is 23.2 Å². The maximum Gasteiger partial charge on any atom is 0.257 e. The van der Waals surface area contributed by atoms with Crippen LogP contribution in [0.1, 0.15) is 21.5 Å². The number of amides is 1. The number of hydrogen-bond acceptors (Lipinski definition) is 2. The summed E-state index contributed by atoms with van der Waals surface area (Å²) >= 11 is 0. The second-order valence-electron chi connectivity index (χ2n) is 4.79. The van der Waals surface area contributed by atoms with E-state index in [-0.39, 0.29) is 5.91 Å². The minimum Gasteiger partial charge on any atom is -0.363 e. The highest BCUT2D eigenvalue weighted by molar-refractivity contribution is 6.00. The lowest BCUT2D eigenvalue weighted by Gasteiger charge is -2.34. The Bertz CT molecular complexity index is 666. The Balaban J connectivity index is 2.25. The second kappa shape index (κ2) is 4.62. The van der Waals surface area contributed by atoms with Crippen LogP contribution in [0.4, 0.5) is 0 Å². The molecular formula is C17H15NO2. The number of benzene rings is 2. The van der Waals surface area contributed by atoms with E-state index >= 15 is 0 Å². The average Bonchev–Trinajstić information content (AvgIpc) is 2.72. The van der Waals surface area contributed by atoms with E-state index in [4.69, 9.17) is 0 Å². The highest BCUT2D eigenvalue weighted by Crippen LogP contribution is 2.41. The zero-order valence-corrected chi connectivity index (χ0v) is 11.0. The minimum atomic E-state index is -1.43. The molecule has 0 spiro atoms. The lowest BCUT2D eigenvalue weighted by atomic mass is 9.94. The van der Waals surface area contributed by atoms with E-state index in [9.17, 15) is 9.90 Å². The predicted octanol–water partition coefficient (Wildman–Crippen LogP) is 2.52. The summed E-state index contributed by atoms with van der Waals surface area (Å²) in [5.41, 5.74) is 0.419. The first-order valence-electron chi connectivity index (χ1n) is 6.50. The average molecular weight is 265 g/mol. The topological polar surface area (TPSA) is 40.5 Å². The monoisotopic (exact) mass is 265 g/mol. The summed E-state index contributed by atoms with van der Waals surface area (Å²) in [6.45, 7) is 3.97. The van der Waals surface area contributed by atoms with Crippen LogP contribution in [0.3, 0.4) is 0 Å². The number of fused-ring (bicyclic) bond motifs is 1. The molecule has 0 fully saturated rings. The molecule has 2 aromatic carbocycles. The third-order valence-electron chi connectivity index (χ3n) is 3.66. The van der Waals surface area contributed by atoms with Crippen molar-refractivity contribution in [3.8, 4) is 0 Å². The van der Waals surface area contributed by atoms with Gasteiger partial charge in [-0.3, -0.25) is 9.69 Å². The van der Waals surface area contributed by atoms with Gasteiger partial charge >= 0.3 is 0 Å². The van der Waals surface area contributed by atoms with Crippen LogP contribution in [0.25, 0.3) is 0 Å². The quantitative estimate of drug-likeness (QED) is 0.866. The van der Waals surface area contributed by atoms with Crippen LogP contribution in [0.5, 0.6) is 0 Å². The first kappa shape index (κ1) is 12.6. The van der Waals surface area contributed by atoms with E-state index in [1.165, 1.54) is 4.90 Å². The van der Waals surface area contributed by atoms with E-state index in [1.807, 2.05) is 36.4 Å². The molecule has 1 aliphatic rings. The summed E-state index contributed by atoms with van der Waals surface area (Å²) in [5.74, 6) is -0.174. The van der Waals surface area contributed by atoms with Crippen LogP contribution in [0, 0.1) is 0 Å².